The number of hydrogen-bond acceptors (Lipinski definition) is 1. The normalized spacial score (nSPS) is 31.3. The zero-order valence-corrected chi connectivity index (χ0v) is 10.0. The molecular weight excluding hydrogens is 184 g/mol. The zero-order chi connectivity index (χ0) is 11.5. The maximum Gasteiger partial charge on any atom is 0.139 e. The number of Topliss-reactive ketones (excluding diaryl/α,β-unsaturated/α-hetero) is 1. The van der Waals surface area contributed by atoms with Crippen molar-refractivity contribution in [2.24, 2.45) is 11.3 Å². The highest BCUT2D eigenvalue weighted by molar-refractivity contribution is 5.85. The number of carbonyl (C=O) groups is 1. The summed E-state index contributed by atoms with van der Waals surface area (Å²) in [5, 5.41) is 0. The first kappa shape index (κ1) is 12.2. The van der Waals surface area contributed by atoms with Gasteiger partial charge in [-0.05, 0) is 38.5 Å². The van der Waals surface area contributed by atoms with Gasteiger partial charge in [-0.15, -0.1) is 13.2 Å². The van der Waals surface area contributed by atoms with E-state index in [1.165, 1.54) is 0 Å². The lowest BCUT2D eigenvalue weighted by Gasteiger charge is -2.40. The van der Waals surface area contributed by atoms with Crippen LogP contribution >= 0.6 is 0 Å². The van der Waals surface area contributed by atoms with Gasteiger partial charge in [0.05, 0.1) is 0 Å². The van der Waals surface area contributed by atoms with Crippen LogP contribution in [0.2, 0.25) is 0 Å². The molecule has 1 saturated carbocycles. The summed E-state index contributed by atoms with van der Waals surface area (Å²) in [4.78, 5) is 12.1. The van der Waals surface area contributed by atoms with E-state index >= 15 is 0 Å². The van der Waals surface area contributed by atoms with E-state index in [1.54, 1.807) is 0 Å². The maximum absolute atomic E-state index is 12.1. The zero-order valence-electron chi connectivity index (χ0n) is 10.0. The average molecular weight is 206 g/mol. The molecule has 0 aromatic carbocycles. The minimum atomic E-state index is -0.182. The molecule has 15 heavy (non-hydrogen) atoms. The number of carbonyl (C=O) groups excluding carboxylic acids is 1. The van der Waals surface area contributed by atoms with Gasteiger partial charge < -0.3 is 0 Å². The molecule has 0 N–H and O–H groups in total. The molecule has 0 unspecified atom stereocenters. The highest BCUT2D eigenvalue weighted by Crippen LogP contribution is 2.44. The van der Waals surface area contributed by atoms with E-state index in [9.17, 15) is 4.79 Å². The summed E-state index contributed by atoms with van der Waals surface area (Å²) in [6.45, 7) is 11.9. The molecule has 0 radical (unpaired) electrons. The van der Waals surface area contributed by atoms with Gasteiger partial charge >= 0.3 is 0 Å². The van der Waals surface area contributed by atoms with Gasteiger partial charge in [0.25, 0.3) is 0 Å². The summed E-state index contributed by atoms with van der Waals surface area (Å²) >= 11 is 0. The summed E-state index contributed by atoms with van der Waals surface area (Å²) in [5.41, 5.74) is 0.931. The van der Waals surface area contributed by atoms with Crippen molar-refractivity contribution in [3.05, 3.63) is 24.8 Å². The SMILES string of the molecule is C=CC[C@@H]1CCCC(=O)[C@@]1(C)CC(=C)C. The van der Waals surface area contributed by atoms with E-state index < -0.39 is 0 Å². The lowest BCUT2D eigenvalue weighted by Crippen LogP contribution is -2.39. The third-order valence-corrected chi connectivity index (χ3v) is 3.61. The highest BCUT2D eigenvalue weighted by atomic mass is 16.1. The minimum Gasteiger partial charge on any atom is -0.299 e. The fraction of sp³-hybridized carbons (Fsp3) is 0.643. The first-order valence-corrected chi connectivity index (χ1v) is 5.79. The fourth-order valence-electron chi connectivity index (χ4n) is 2.79. The number of allylic oxidation sites excluding steroid dienone is 2. The molecular formula is C14H22O. The van der Waals surface area contributed by atoms with Crippen LogP contribution in [0.4, 0.5) is 0 Å². The highest BCUT2D eigenvalue weighted by Gasteiger charge is 2.42. The van der Waals surface area contributed by atoms with E-state index in [0.717, 1.165) is 37.7 Å². The van der Waals surface area contributed by atoms with Crippen LogP contribution in [0.25, 0.3) is 0 Å². The maximum atomic E-state index is 12.1. The quantitative estimate of drug-likeness (QED) is 0.637. The van der Waals surface area contributed by atoms with Crippen molar-refractivity contribution >= 4 is 5.78 Å². The van der Waals surface area contributed by atoms with Crippen molar-refractivity contribution in [3.63, 3.8) is 0 Å². The van der Waals surface area contributed by atoms with Crippen LogP contribution in [0, 0.1) is 11.3 Å². The van der Waals surface area contributed by atoms with Crippen LogP contribution < -0.4 is 0 Å². The molecule has 0 saturated heterocycles. The van der Waals surface area contributed by atoms with Crippen LogP contribution in [0.3, 0.4) is 0 Å². The predicted molar refractivity (Wildman–Crippen MR) is 64.7 cm³/mol. The minimum absolute atomic E-state index is 0.182. The molecule has 0 spiro atoms. The van der Waals surface area contributed by atoms with Crippen LogP contribution in [-0.2, 0) is 4.79 Å². The third-order valence-electron chi connectivity index (χ3n) is 3.61. The van der Waals surface area contributed by atoms with Crippen LogP contribution in [0.1, 0.15) is 46.0 Å². The molecule has 1 nitrogen and oxygen atoms in total. The van der Waals surface area contributed by atoms with Crippen LogP contribution in [0.15, 0.2) is 24.8 Å². The molecule has 1 rings (SSSR count). The Balaban J connectivity index is 2.87. The summed E-state index contributed by atoms with van der Waals surface area (Å²) < 4.78 is 0. The van der Waals surface area contributed by atoms with Gasteiger partial charge in [0.2, 0.25) is 0 Å². The molecule has 0 amide bonds. The monoisotopic (exact) mass is 206 g/mol. The van der Waals surface area contributed by atoms with Crippen LogP contribution in [-0.4, -0.2) is 5.78 Å². The second-order valence-electron chi connectivity index (χ2n) is 5.09. The van der Waals surface area contributed by atoms with Gasteiger partial charge in [-0.3, -0.25) is 4.79 Å². The van der Waals surface area contributed by atoms with Crippen LogP contribution in [0.5, 0.6) is 0 Å². The molecule has 0 aliphatic heterocycles. The van der Waals surface area contributed by atoms with Gasteiger partial charge in [-0.25, -0.2) is 0 Å². The van der Waals surface area contributed by atoms with Gasteiger partial charge in [-0.1, -0.05) is 18.6 Å². The van der Waals surface area contributed by atoms with Crippen molar-refractivity contribution < 1.29 is 4.79 Å². The van der Waals surface area contributed by atoms with Gasteiger partial charge in [0, 0.05) is 11.8 Å². The standard InChI is InChI=1S/C14H22O/c1-5-7-12-8-6-9-13(15)14(12,4)10-11(2)3/h5,12H,1-2,6-10H2,3-4H3/t12-,14+/m1/s1. The van der Waals surface area contributed by atoms with E-state index in [-0.39, 0.29) is 5.41 Å². The van der Waals surface area contributed by atoms with Crippen molar-refractivity contribution in [3.8, 4) is 0 Å². The number of ketones is 1. The molecule has 84 valence electrons. The van der Waals surface area contributed by atoms with Crippen molar-refractivity contribution in [2.75, 3.05) is 0 Å². The third kappa shape index (κ3) is 2.58. The molecule has 1 aliphatic carbocycles. The van der Waals surface area contributed by atoms with Crippen molar-refractivity contribution in [2.45, 2.75) is 46.0 Å². The Bertz CT molecular complexity index is 277. The largest absolute Gasteiger partial charge is 0.299 e. The molecule has 0 bridgehead atoms. The van der Waals surface area contributed by atoms with Gasteiger partial charge in [0.15, 0.2) is 0 Å². The molecule has 0 aromatic rings. The average Bonchev–Trinajstić information content (AvgIpc) is 2.13. The predicted octanol–water partition coefficient (Wildman–Crippen LogP) is 3.90. The second-order valence-corrected chi connectivity index (χ2v) is 5.09. The molecule has 0 aromatic heterocycles. The summed E-state index contributed by atoms with van der Waals surface area (Å²) in [5.74, 6) is 0.886. The Morgan fingerprint density at radius 2 is 2.33 bits per heavy atom. The number of hydrogen-bond donors (Lipinski definition) is 0. The molecule has 2 atom stereocenters. The summed E-state index contributed by atoms with van der Waals surface area (Å²) in [7, 11) is 0. The summed E-state index contributed by atoms with van der Waals surface area (Å²) in [6, 6.07) is 0. The molecule has 1 fully saturated rings. The lowest BCUT2D eigenvalue weighted by molar-refractivity contribution is -0.133. The van der Waals surface area contributed by atoms with E-state index in [1.807, 2.05) is 13.0 Å². The van der Waals surface area contributed by atoms with Crippen molar-refractivity contribution in [1.82, 2.24) is 0 Å². The Morgan fingerprint density at radius 1 is 1.67 bits per heavy atom. The molecule has 1 heteroatoms. The lowest BCUT2D eigenvalue weighted by atomic mass is 9.63. The first-order chi connectivity index (χ1) is 7.00. The molecule has 1 aliphatic rings. The Kier molecular flexibility index (Phi) is 3.90. The van der Waals surface area contributed by atoms with E-state index in [2.05, 4.69) is 20.1 Å². The Morgan fingerprint density at radius 3 is 2.87 bits per heavy atom. The second kappa shape index (κ2) is 4.78. The topological polar surface area (TPSA) is 17.1 Å². The van der Waals surface area contributed by atoms with Gasteiger partial charge in [0.1, 0.15) is 5.78 Å². The van der Waals surface area contributed by atoms with Gasteiger partial charge in [-0.2, -0.15) is 0 Å². The Hall–Kier alpha value is -0.850. The number of rotatable bonds is 4. The smallest absolute Gasteiger partial charge is 0.139 e. The van der Waals surface area contributed by atoms with E-state index in [0.29, 0.717) is 11.7 Å². The van der Waals surface area contributed by atoms with E-state index in [4.69, 9.17) is 0 Å². The van der Waals surface area contributed by atoms with Crippen molar-refractivity contribution in [1.29, 1.82) is 0 Å². The first-order valence-electron chi connectivity index (χ1n) is 5.79. The fourth-order valence-corrected chi connectivity index (χ4v) is 2.79. The Labute approximate surface area is 93.3 Å². The molecule has 0 heterocycles. The summed E-state index contributed by atoms with van der Waals surface area (Å²) in [6.07, 6.45) is 6.68.